The maximum atomic E-state index is 5.93. The Morgan fingerprint density at radius 1 is 1.29 bits per heavy atom. The van der Waals surface area contributed by atoms with Crippen LogP contribution in [-0.4, -0.2) is 33.5 Å². The zero-order valence-electron chi connectivity index (χ0n) is 12.8. The molecule has 0 radical (unpaired) electrons. The molecule has 21 heavy (non-hydrogen) atoms. The van der Waals surface area contributed by atoms with Gasteiger partial charge in [0.05, 0.1) is 24.3 Å². The summed E-state index contributed by atoms with van der Waals surface area (Å²) in [4.78, 5) is 0. The van der Waals surface area contributed by atoms with Gasteiger partial charge in [0.15, 0.2) is 11.5 Å². The number of benzene rings is 1. The second kappa shape index (κ2) is 8.61. The van der Waals surface area contributed by atoms with Gasteiger partial charge < -0.3 is 19.5 Å². The van der Waals surface area contributed by atoms with Crippen molar-refractivity contribution in [2.45, 2.75) is 26.3 Å². The maximum Gasteiger partial charge on any atom is 0.175 e. The van der Waals surface area contributed by atoms with Crippen LogP contribution in [0.15, 0.2) is 16.6 Å². The Hall–Kier alpha value is -0.780. The van der Waals surface area contributed by atoms with Crippen LogP contribution in [0.1, 0.15) is 25.3 Å². The van der Waals surface area contributed by atoms with Crippen molar-refractivity contribution in [3.05, 3.63) is 22.2 Å². The molecule has 0 unspecified atom stereocenters. The van der Waals surface area contributed by atoms with E-state index in [4.69, 9.17) is 14.2 Å². The Kier molecular flexibility index (Phi) is 6.80. The number of methoxy groups -OCH3 is 1. The molecule has 1 aliphatic carbocycles. The third kappa shape index (κ3) is 5.49. The summed E-state index contributed by atoms with van der Waals surface area (Å²) in [7, 11) is 1.71. The highest BCUT2D eigenvalue weighted by atomic mass is 79.9. The Morgan fingerprint density at radius 2 is 2.10 bits per heavy atom. The second-order valence-corrected chi connectivity index (χ2v) is 6.12. The summed E-state index contributed by atoms with van der Waals surface area (Å²) >= 11 is 3.60. The first kappa shape index (κ1) is 16.6. The molecule has 0 saturated heterocycles. The van der Waals surface area contributed by atoms with Crippen LogP contribution in [0.2, 0.25) is 0 Å². The number of rotatable bonds is 10. The number of nitrogens with one attached hydrogen (secondary N) is 1. The van der Waals surface area contributed by atoms with Gasteiger partial charge in [-0.2, -0.15) is 0 Å². The predicted octanol–water partition coefficient (Wildman–Crippen LogP) is 3.37. The number of halogens is 1. The van der Waals surface area contributed by atoms with Crippen molar-refractivity contribution in [1.29, 1.82) is 0 Å². The van der Waals surface area contributed by atoms with Gasteiger partial charge >= 0.3 is 0 Å². The van der Waals surface area contributed by atoms with Crippen LogP contribution in [0, 0.1) is 5.92 Å². The Balaban J connectivity index is 2.01. The maximum absolute atomic E-state index is 5.93. The summed E-state index contributed by atoms with van der Waals surface area (Å²) in [6, 6.07) is 4.14. The molecule has 0 bridgehead atoms. The molecule has 5 heteroatoms. The van der Waals surface area contributed by atoms with E-state index in [1.807, 2.05) is 6.92 Å². The van der Waals surface area contributed by atoms with Crippen molar-refractivity contribution in [3.8, 4) is 11.5 Å². The number of hydrogen-bond acceptors (Lipinski definition) is 4. The van der Waals surface area contributed by atoms with E-state index < -0.39 is 0 Å². The fourth-order valence-electron chi connectivity index (χ4n) is 2.02. The lowest BCUT2D eigenvalue weighted by Gasteiger charge is -2.15. The lowest BCUT2D eigenvalue weighted by molar-refractivity contribution is 0.199. The van der Waals surface area contributed by atoms with Crippen LogP contribution in [0.4, 0.5) is 0 Å². The molecule has 0 amide bonds. The molecule has 1 N–H and O–H groups in total. The Labute approximate surface area is 135 Å². The molecule has 0 atom stereocenters. The summed E-state index contributed by atoms with van der Waals surface area (Å²) in [5, 5.41) is 3.34. The largest absolute Gasteiger partial charge is 0.490 e. The highest BCUT2D eigenvalue weighted by Gasteiger charge is 2.23. The average Bonchev–Trinajstić information content (AvgIpc) is 3.27. The van der Waals surface area contributed by atoms with E-state index in [1.54, 1.807) is 7.11 Å². The first-order valence-corrected chi connectivity index (χ1v) is 8.31. The summed E-state index contributed by atoms with van der Waals surface area (Å²) < 4.78 is 17.6. The van der Waals surface area contributed by atoms with E-state index in [1.165, 1.54) is 18.4 Å². The standard InChI is InChI=1S/C16H24BrNO3/c1-3-20-15-9-13(10-18-6-7-19-2)8-14(17)16(15)21-11-12-4-5-12/h8-9,12,18H,3-7,10-11H2,1-2H3. The van der Waals surface area contributed by atoms with Gasteiger partial charge in [-0.25, -0.2) is 0 Å². The molecule has 1 aromatic rings. The monoisotopic (exact) mass is 357 g/mol. The van der Waals surface area contributed by atoms with Crippen LogP contribution < -0.4 is 14.8 Å². The van der Waals surface area contributed by atoms with Crippen LogP contribution in [0.5, 0.6) is 11.5 Å². The van der Waals surface area contributed by atoms with E-state index in [-0.39, 0.29) is 0 Å². The van der Waals surface area contributed by atoms with Gasteiger partial charge in [0, 0.05) is 20.2 Å². The number of ether oxygens (including phenoxy) is 3. The third-order valence-electron chi connectivity index (χ3n) is 3.34. The fraction of sp³-hybridized carbons (Fsp3) is 0.625. The van der Waals surface area contributed by atoms with E-state index in [9.17, 15) is 0 Å². The van der Waals surface area contributed by atoms with Crippen molar-refractivity contribution in [2.75, 3.05) is 33.5 Å². The van der Waals surface area contributed by atoms with Gasteiger partial charge in [-0.1, -0.05) is 0 Å². The SMILES string of the molecule is CCOc1cc(CNCCOC)cc(Br)c1OCC1CC1. The lowest BCUT2D eigenvalue weighted by Crippen LogP contribution is -2.18. The number of hydrogen-bond donors (Lipinski definition) is 1. The molecular formula is C16H24BrNO3. The van der Waals surface area contributed by atoms with E-state index in [2.05, 4.69) is 33.4 Å². The molecule has 118 valence electrons. The van der Waals surface area contributed by atoms with Gasteiger partial charge in [-0.3, -0.25) is 0 Å². The first-order valence-electron chi connectivity index (χ1n) is 7.52. The van der Waals surface area contributed by atoms with Gasteiger partial charge in [0.25, 0.3) is 0 Å². The minimum atomic E-state index is 0.632. The minimum Gasteiger partial charge on any atom is -0.490 e. The summed E-state index contributed by atoms with van der Waals surface area (Å²) in [6.07, 6.45) is 2.56. The van der Waals surface area contributed by atoms with E-state index >= 15 is 0 Å². The van der Waals surface area contributed by atoms with Gasteiger partial charge in [-0.05, 0) is 59.3 Å². The molecule has 0 aliphatic heterocycles. The van der Waals surface area contributed by atoms with Crippen LogP contribution in [-0.2, 0) is 11.3 Å². The normalized spacial score (nSPS) is 14.2. The Bertz CT molecular complexity index is 449. The minimum absolute atomic E-state index is 0.632. The molecule has 1 fully saturated rings. The molecule has 4 nitrogen and oxygen atoms in total. The topological polar surface area (TPSA) is 39.7 Å². The third-order valence-corrected chi connectivity index (χ3v) is 3.93. The zero-order chi connectivity index (χ0) is 15.1. The lowest BCUT2D eigenvalue weighted by atomic mass is 10.2. The van der Waals surface area contributed by atoms with Crippen molar-refractivity contribution < 1.29 is 14.2 Å². The molecule has 1 aliphatic rings. The smallest absolute Gasteiger partial charge is 0.175 e. The highest BCUT2D eigenvalue weighted by Crippen LogP contribution is 2.39. The second-order valence-electron chi connectivity index (χ2n) is 5.26. The predicted molar refractivity (Wildman–Crippen MR) is 87.1 cm³/mol. The van der Waals surface area contributed by atoms with Gasteiger partial charge in [-0.15, -0.1) is 0 Å². The summed E-state index contributed by atoms with van der Waals surface area (Å²) in [5.74, 6) is 2.36. The zero-order valence-corrected chi connectivity index (χ0v) is 14.4. The van der Waals surface area contributed by atoms with Crippen molar-refractivity contribution in [2.24, 2.45) is 5.92 Å². The molecule has 1 saturated carbocycles. The van der Waals surface area contributed by atoms with Gasteiger partial charge in [0.1, 0.15) is 0 Å². The molecule has 0 aromatic heterocycles. The molecule has 2 rings (SSSR count). The Morgan fingerprint density at radius 3 is 2.76 bits per heavy atom. The molecule has 0 spiro atoms. The van der Waals surface area contributed by atoms with Crippen molar-refractivity contribution in [1.82, 2.24) is 5.32 Å². The quantitative estimate of drug-likeness (QED) is 0.651. The highest BCUT2D eigenvalue weighted by molar-refractivity contribution is 9.10. The van der Waals surface area contributed by atoms with E-state index in [0.717, 1.165) is 41.6 Å². The van der Waals surface area contributed by atoms with Crippen molar-refractivity contribution >= 4 is 15.9 Å². The van der Waals surface area contributed by atoms with Gasteiger partial charge in [0.2, 0.25) is 0 Å². The van der Waals surface area contributed by atoms with E-state index in [0.29, 0.717) is 13.2 Å². The summed E-state index contributed by atoms with van der Waals surface area (Å²) in [5.41, 5.74) is 1.17. The first-order chi connectivity index (χ1) is 10.2. The van der Waals surface area contributed by atoms with Crippen LogP contribution in [0.25, 0.3) is 0 Å². The average molecular weight is 358 g/mol. The van der Waals surface area contributed by atoms with Crippen LogP contribution in [0.3, 0.4) is 0 Å². The van der Waals surface area contributed by atoms with Crippen molar-refractivity contribution in [3.63, 3.8) is 0 Å². The van der Waals surface area contributed by atoms with Crippen LogP contribution >= 0.6 is 15.9 Å². The molecule has 1 aromatic carbocycles. The molecule has 0 heterocycles. The molecular weight excluding hydrogens is 334 g/mol. The summed E-state index contributed by atoms with van der Waals surface area (Å²) in [6.45, 7) is 5.73. The fourth-order valence-corrected chi connectivity index (χ4v) is 2.62.